The first-order valence-electron chi connectivity index (χ1n) is 10.6. The normalized spacial score (nSPS) is 27.9. The Kier molecular flexibility index (Phi) is 7.50. The van der Waals surface area contributed by atoms with Gasteiger partial charge >= 0.3 is 0 Å². The standard InChI is InChI=1S/C23H26ClNO8/c24-16-11-15(13-1-3-14(4-2-13)22(30)25-7-9-31-10-8-25)5-6-17(16)32-23-21(29)20(28)19(27)18(12-26)33-23/h1-6,11,18-21,23,26-29H,7-10,12H2/t18-,19-,20+,21+,23+/m1/s1. The quantitative estimate of drug-likeness (QED) is 0.492. The van der Waals surface area contributed by atoms with Crippen LogP contribution >= 0.6 is 11.6 Å². The van der Waals surface area contributed by atoms with Crippen molar-refractivity contribution in [3.63, 3.8) is 0 Å². The Morgan fingerprint density at radius 1 is 1.00 bits per heavy atom. The van der Waals surface area contributed by atoms with Crippen molar-refractivity contribution >= 4 is 17.5 Å². The number of hydrogen-bond donors (Lipinski definition) is 4. The zero-order chi connectivity index (χ0) is 23.5. The lowest BCUT2D eigenvalue weighted by molar-refractivity contribution is -0.277. The van der Waals surface area contributed by atoms with E-state index in [1.54, 1.807) is 35.2 Å². The van der Waals surface area contributed by atoms with E-state index in [1.807, 2.05) is 12.1 Å². The van der Waals surface area contributed by atoms with Gasteiger partial charge in [0.05, 0.1) is 24.8 Å². The highest BCUT2D eigenvalue weighted by Gasteiger charge is 2.44. The number of carbonyl (C=O) groups excluding carboxylic acids is 1. The molecule has 1 amide bonds. The van der Waals surface area contributed by atoms with Gasteiger partial charge in [-0.05, 0) is 35.4 Å². The van der Waals surface area contributed by atoms with Crippen molar-refractivity contribution in [1.29, 1.82) is 0 Å². The molecule has 2 aromatic carbocycles. The predicted octanol–water partition coefficient (Wildman–Crippen LogP) is 0.658. The summed E-state index contributed by atoms with van der Waals surface area (Å²) in [5.41, 5.74) is 2.22. The van der Waals surface area contributed by atoms with E-state index in [2.05, 4.69) is 0 Å². The van der Waals surface area contributed by atoms with Gasteiger partial charge in [-0.1, -0.05) is 29.8 Å². The van der Waals surface area contributed by atoms with Crippen molar-refractivity contribution in [1.82, 2.24) is 4.90 Å². The highest BCUT2D eigenvalue weighted by Crippen LogP contribution is 2.33. The number of nitrogens with zero attached hydrogens (tertiary/aromatic N) is 1. The largest absolute Gasteiger partial charge is 0.460 e. The van der Waals surface area contributed by atoms with Gasteiger partial charge in [-0.25, -0.2) is 0 Å². The fourth-order valence-corrected chi connectivity index (χ4v) is 4.05. The third kappa shape index (κ3) is 5.15. The van der Waals surface area contributed by atoms with Crippen molar-refractivity contribution in [3.05, 3.63) is 53.1 Å². The molecule has 2 aliphatic heterocycles. The summed E-state index contributed by atoms with van der Waals surface area (Å²) in [6, 6.07) is 12.2. The van der Waals surface area contributed by atoms with Crippen molar-refractivity contribution in [3.8, 4) is 16.9 Å². The van der Waals surface area contributed by atoms with Gasteiger partial charge < -0.3 is 39.5 Å². The van der Waals surface area contributed by atoms with Gasteiger partial charge in [0.15, 0.2) is 0 Å². The molecule has 2 aliphatic rings. The van der Waals surface area contributed by atoms with Crippen molar-refractivity contribution in [2.24, 2.45) is 0 Å². The highest BCUT2D eigenvalue weighted by atomic mass is 35.5. The molecule has 2 heterocycles. The van der Waals surface area contributed by atoms with Crippen LogP contribution in [0.5, 0.6) is 5.75 Å². The fraction of sp³-hybridized carbons (Fsp3) is 0.435. The van der Waals surface area contributed by atoms with E-state index < -0.39 is 37.3 Å². The van der Waals surface area contributed by atoms with Crippen molar-refractivity contribution in [2.45, 2.75) is 30.7 Å². The molecule has 2 aromatic rings. The van der Waals surface area contributed by atoms with E-state index in [-0.39, 0.29) is 16.7 Å². The topological polar surface area (TPSA) is 129 Å². The van der Waals surface area contributed by atoms with Crippen molar-refractivity contribution in [2.75, 3.05) is 32.9 Å². The number of aliphatic hydroxyl groups is 4. The number of hydrogen-bond acceptors (Lipinski definition) is 8. The van der Waals surface area contributed by atoms with E-state index in [0.29, 0.717) is 31.9 Å². The summed E-state index contributed by atoms with van der Waals surface area (Å²) < 4.78 is 16.3. The van der Waals surface area contributed by atoms with Crippen LogP contribution in [-0.4, -0.2) is 94.8 Å². The number of rotatable bonds is 5. The number of halogens is 1. The second-order valence-electron chi connectivity index (χ2n) is 7.94. The monoisotopic (exact) mass is 479 g/mol. The van der Waals surface area contributed by atoms with Crippen molar-refractivity contribution < 1.29 is 39.4 Å². The average Bonchev–Trinajstić information content (AvgIpc) is 2.85. The Morgan fingerprint density at radius 3 is 2.30 bits per heavy atom. The molecule has 0 unspecified atom stereocenters. The van der Waals surface area contributed by atoms with Gasteiger partial charge in [0.2, 0.25) is 6.29 Å². The van der Waals surface area contributed by atoms with Gasteiger partial charge in [0.1, 0.15) is 30.2 Å². The number of morpholine rings is 1. The molecule has 9 nitrogen and oxygen atoms in total. The lowest BCUT2D eigenvalue weighted by Crippen LogP contribution is -2.60. The van der Waals surface area contributed by atoms with Crippen LogP contribution in [0.3, 0.4) is 0 Å². The summed E-state index contributed by atoms with van der Waals surface area (Å²) in [4.78, 5) is 14.4. The van der Waals surface area contributed by atoms with Crippen LogP contribution in [-0.2, 0) is 9.47 Å². The zero-order valence-corrected chi connectivity index (χ0v) is 18.5. The first-order chi connectivity index (χ1) is 15.9. The van der Waals surface area contributed by atoms with Crippen LogP contribution in [0.15, 0.2) is 42.5 Å². The maximum absolute atomic E-state index is 12.6. The fourth-order valence-electron chi connectivity index (χ4n) is 3.82. The minimum Gasteiger partial charge on any atom is -0.460 e. The van der Waals surface area contributed by atoms with Crippen LogP contribution in [0.4, 0.5) is 0 Å². The Bertz CT molecular complexity index is 963. The van der Waals surface area contributed by atoms with Gasteiger partial charge in [-0.3, -0.25) is 4.79 Å². The third-order valence-electron chi connectivity index (χ3n) is 5.79. The van der Waals surface area contributed by atoms with Crippen LogP contribution in [0, 0.1) is 0 Å². The predicted molar refractivity (Wildman–Crippen MR) is 118 cm³/mol. The molecule has 0 radical (unpaired) electrons. The third-order valence-corrected chi connectivity index (χ3v) is 6.08. The molecule has 4 rings (SSSR count). The summed E-state index contributed by atoms with van der Waals surface area (Å²) in [6.45, 7) is 1.68. The molecular formula is C23H26ClNO8. The van der Waals surface area contributed by atoms with Gasteiger partial charge in [-0.15, -0.1) is 0 Å². The summed E-state index contributed by atoms with van der Waals surface area (Å²) in [5.74, 6) is 0.162. The van der Waals surface area contributed by atoms with Crippen LogP contribution in [0.2, 0.25) is 5.02 Å². The van der Waals surface area contributed by atoms with Gasteiger partial charge in [-0.2, -0.15) is 0 Å². The number of benzene rings is 2. The minimum atomic E-state index is -1.54. The zero-order valence-electron chi connectivity index (χ0n) is 17.7. The summed E-state index contributed by atoms with van der Waals surface area (Å²) in [5, 5.41) is 39.5. The molecule has 5 atom stereocenters. The molecule has 33 heavy (non-hydrogen) atoms. The van der Waals surface area contributed by atoms with Gasteiger partial charge in [0, 0.05) is 18.7 Å². The number of ether oxygens (including phenoxy) is 3. The molecule has 2 saturated heterocycles. The maximum Gasteiger partial charge on any atom is 0.254 e. The van der Waals surface area contributed by atoms with E-state index in [4.69, 9.17) is 25.8 Å². The van der Waals surface area contributed by atoms with Gasteiger partial charge in [0.25, 0.3) is 5.91 Å². The molecule has 2 fully saturated rings. The molecule has 0 bridgehead atoms. The molecule has 10 heteroatoms. The molecule has 178 valence electrons. The molecule has 0 aliphatic carbocycles. The number of amides is 1. The lowest BCUT2D eigenvalue weighted by atomic mass is 9.99. The van der Waals surface area contributed by atoms with E-state index in [1.165, 1.54) is 0 Å². The Balaban J connectivity index is 1.45. The average molecular weight is 480 g/mol. The number of aliphatic hydroxyl groups excluding tert-OH is 4. The Hall–Kier alpha value is -2.24. The first-order valence-corrected chi connectivity index (χ1v) is 11.0. The van der Waals surface area contributed by atoms with Crippen LogP contribution in [0.25, 0.3) is 11.1 Å². The molecule has 4 N–H and O–H groups in total. The van der Waals surface area contributed by atoms with E-state index in [0.717, 1.165) is 11.1 Å². The van der Waals surface area contributed by atoms with E-state index in [9.17, 15) is 25.2 Å². The molecular weight excluding hydrogens is 454 g/mol. The highest BCUT2D eigenvalue weighted by molar-refractivity contribution is 6.32. The van der Waals surface area contributed by atoms with Crippen LogP contribution < -0.4 is 4.74 Å². The smallest absolute Gasteiger partial charge is 0.254 e. The second kappa shape index (κ2) is 10.4. The Morgan fingerprint density at radius 2 is 1.67 bits per heavy atom. The summed E-state index contributed by atoms with van der Waals surface area (Å²) in [7, 11) is 0. The first kappa shape index (κ1) is 23.9. The van der Waals surface area contributed by atoms with E-state index >= 15 is 0 Å². The van der Waals surface area contributed by atoms with Crippen LogP contribution in [0.1, 0.15) is 10.4 Å². The maximum atomic E-state index is 12.6. The molecule has 0 aromatic heterocycles. The second-order valence-corrected chi connectivity index (χ2v) is 8.35. The molecule has 0 saturated carbocycles. The Labute approximate surface area is 195 Å². The summed E-state index contributed by atoms with van der Waals surface area (Å²) >= 11 is 6.37. The summed E-state index contributed by atoms with van der Waals surface area (Å²) in [6.07, 6.45) is -6.95. The molecule has 0 spiro atoms. The SMILES string of the molecule is O=C(c1ccc(-c2ccc(O[C@H]3O[C@H](CO)[C@@H](O)[C@H](O)[C@@H]3O)c(Cl)c2)cc1)N1CCOCC1. The minimum absolute atomic E-state index is 0.0360. The lowest BCUT2D eigenvalue weighted by Gasteiger charge is -2.39. The number of carbonyl (C=O) groups is 1.